The van der Waals surface area contributed by atoms with Gasteiger partial charge in [0.05, 0.1) is 30.1 Å². The van der Waals surface area contributed by atoms with Gasteiger partial charge >= 0.3 is 0 Å². The molecule has 2 fully saturated rings. The number of hydrogen-bond donors (Lipinski definition) is 0. The third-order valence-corrected chi connectivity index (χ3v) is 5.52. The van der Waals surface area contributed by atoms with E-state index >= 15 is 0 Å². The molecule has 22 heavy (non-hydrogen) atoms. The highest BCUT2D eigenvalue weighted by Crippen LogP contribution is 2.63. The summed E-state index contributed by atoms with van der Waals surface area (Å²) in [7, 11) is 1.98. The van der Waals surface area contributed by atoms with Gasteiger partial charge in [-0.2, -0.15) is 5.10 Å². The van der Waals surface area contributed by atoms with Crippen LogP contribution < -0.4 is 0 Å². The molecule has 0 aromatic carbocycles. The van der Waals surface area contributed by atoms with Gasteiger partial charge in [0.25, 0.3) is 0 Å². The smallest absolute Gasteiger partial charge is 0.233 e. The van der Waals surface area contributed by atoms with Crippen LogP contribution in [0.4, 0.5) is 0 Å². The van der Waals surface area contributed by atoms with Gasteiger partial charge in [-0.3, -0.25) is 14.5 Å². The summed E-state index contributed by atoms with van der Waals surface area (Å²) in [5, 5.41) is 4.33. The Morgan fingerprint density at radius 3 is 2.50 bits per heavy atom. The molecule has 1 aliphatic carbocycles. The van der Waals surface area contributed by atoms with Gasteiger partial charge in [0.1, 0.15) is 6.34 Å². The van der Waals surface area contributed by atoms with Crippen LogP contribution in [0.15, 0.2) is 17.4 Å². The topological polar surface area (TPSA) is 57.9 Å². The maximum Gasteiger partial charge on any atom is 0.233 e. The molecule has 116 valence electrons. The highest BCUT2D eigenvalue weighted by Gasteiger charge is 2.72. The number of likely N-dealkylation sites (tertiary alicyclic amines) is 1. The monoisotopic (exact) mass is 300 g/mol. The highest BCUT2D eigenvalue weighted by atomic mass is 16.2. The second-order valence-corrected chi connectivity index (χ2v) is 7.23. The first kappa shape index (κ1) is 13.5. The van der Waals surface area contributed by atoms with Gasteiger partial charge in [-0.05, 0) is 24.0 Å². The standard InChI is InChI=1S/C16H20N4O2/c1-9-11-5-10(7-20(11)17-8-18(9)4)6-19-14(21)12-13(15(19)22)16(12,2)3/h5,7-9,12-13H,6H2,1-4H3. The van der Waals surface area contributed by atoms with Crippen LogP contribution in [0.5, 0.6) is 0 Å². The second-order valence-electron chi connectivity index (χ2n) is 7.23. The lowest BCUT2D eigenvalue weighted by atomic mass is 10.1. The van der Waals surface area contributed by atoms with E-state index in [1.54, 1.807) is 6.34 Å². The number of carbonyl (C=O) groups excluding carboxylic acids is 2. The molecule has 1 aromatic heterocycles. The lowest BCUT2D eigenvalue weighted by Gasteiger charge is -2.26. The van der Waals surface area contributed by atoms with E-state index in [2.05, 4.69) is 12.0 Å². The molecule has 1 saturated carbocycles. The SMILES string of the molecule is CC1c2cc(CN3C(=O)C4C(C3=O)C4(C)C)cn2N=CN1C. The minimum absolute atomic E-state index is 0.0159. The van der Waals surface area contributed by atoms with Crippen molar-refractivity contribution in [1.29, 1.82) is 0 Å². The molecule has 1 aromatic rings. The lowest BCUT2D eigenvalue weighted by molar-refractivity contribution is -0.143. The third-order valence-electron chi connectivity index (χ3n) is 5.52. The number of aromatic nitrogens is 1. The summed E-state index contributed by atoms with van der Waals surface area (Å²) in [5.41, 5.74) is 1.88. The van der Waals surface area contributed by atoms with E-state index < -0.39 is 0 Å². The third kappa shape index (κ3) is 1.58. The van der Waals surface area contributed by atoms with Gasteiger partial charge in [0.2, 0.25) is 11.8 Å². The Labute approximate surface area is 129 Å². The summed E-state index contributed by atoms with van der Waals surface area (Å²) >= 11 is 0. The van der Waals surface area contributed by atoms with Gasteiger partial charge in [-0.25, -0.2) is 4.68 Å². The van der Waals surface area contributed by atoms with Crippen molar-refractivity contribution in [3.63, 3.8) is 0 Å². The van der Waals surface area contributed by atoms with Gasteiger partial charge in [0.15, 0.2) is 0 Å². The Bertz CT molecular complexity index is 694. The normalized spacial score (nSPS) is 31.5. The molecule has 6 nitrogen and oxygen atoms in total. The molecule has 4 rings (SSSR count). The van der Waals surface area contributed by atoms with Gasteiger partial charge < -0.3 is 4.90 Å². The first-order valence-electron chi connectivity index (χ1n) is 7.65. The van der Waals surface area contributed by atoms with Gasteiger partial charge in [-0.15, -0.1) is 0 Å². The summed E-state index contributed by atoms with van der Waals surface area (Å²) in [5.74, 6) is -0.253. The second kappa shape index (κ2) is 4.00. The Morgan fingerprint density at radius 2 is 1.86 bits per heavy atom. The van der Waals surface area contributed by atoms with E-state index in [0.29, 0.717) is 6.54 Å². The molecule has 1 saturated heterocycles. The molecular formula is C16H20N4O2. The summed E-state index contributed by atoms with van der Waals surface area (Å²) in [6.07, 6.45) is 3.69. The zero-order chi connectivity index (χ0) is 15.8. The number of nitrogens with zero attached hydrogens (tertiary/aromatic N) is 4. The summed E-state index contributed by atoms with van der Waals surface area (Å²) in [6.45, 7) is 6.45. The molecule has 0 radical (unpaired) electrons. The molecule has 0 N–H and O–H groups in total. The Hall–Kier alpha value is -2.11. The van der Waals surface area contributed by atoms with Crippen LogP contribution in [0.1, 0.15) is 38.1 Å². The maximum absolute atomic E-state index is 12.4. The Balaban J connectivity index is 1.57. The van der Waals surface area contributed by atoms with E-state index in [1.807, 2.05) is 42.7 Å². The first-order chi connectivity index (χ1) is 10.3. The average molecular weight is 300 g/mol. The van der Waals surface area contributed by atoms with Crippen molar-refractivity contribution >= 4 is 18.2 Å². The number of rotatable bonds is 2. The summed E-state index contributed by atoms with van der Waals surface area (Å²) < 4.78 is 1.83. The summed E-state index contributed by atoms with van der Waals surface area (Å²) in [4.78, 5) is 28.2. The molecular weight excluding hydrogens is 280 g/mol. The lowest BCUT2D eigenvalue weighted by Crippen LogP contribution is -2.35. The van der Waals surface area contributed by atoms with Crippen LogP contribution in [0.2, 0.25) is 0 Å². The molecule has 3 aliphatic rings. The fourth-order valence-corrected chi connectivity index (χ4v) is 3.81. The van der Waals surface area contributed by atoms with Crippen LogP contribution in [-0.4, -0.2) is 39.7 Å². The Morgan fingerprint density at radius 1 is 1.23 bits per heavy atom. The number of piperidine rings is 1. The number of amides is 2. The van der Waals surface area contributed by atoms with E-state index in [0.717, 1.165) is 11.3 Å². The summed E-state index contributed by atoms with van der Waals surface area (Å²) in [6, 6.07) is 2.26. The van der Waals surface area contributed by atoms with E-state index in [-0.39, 0.29) is 35.1 Å². The van der Waals surface area contributed by atoms with Crippen LogP contribution in [0.25, 0.3) is 0 Å². The molecule has 2 aliphatic heterocycles. The Kier molecular flexibility index (Phi) is 2.46. The number of imide groups is 1. The molecule has 6 heteroatoms. The van der Waals surface area contributed by atoms with Crippen LogP contribution in [-0.2, 0) is 16.1 Å². The zero-order valence-corrected chi connectivity index (χ0v) is 13.3. The van der Waals surface area contributed by atoms with Crippen molar-refractivity contribution < 1.29 is 9.59 Å². The zero-order valence-electron chi connectivity index (χ0n) is 13.3. The number of hydrogen-bond acceptors (Lipinski definition) is 4. The van der Waals surface area contributed by atoms with Crippen molar-refractivity contribution in [2.45, 2.75) is 33.4 Å². The molecule has 3 heterocycles. The van der Waals surface area contributed by atoms with Crippen molar-refractivity contribution in [3.05, 3.63) is 23.5 Å². The minimum Gasteiger partial charge on any atom is -0.356 e. The predicted octanol–water partition coefficient (Wildman–Crippen LogP) is 1.43. The minimum atomic E-state index is -0.147. The molecule has 2 amide bonds. The highest BCUT2D eigenvalue weighted by molar-refractivity contribution is 6.10. The quantitative estimate of drug-likeness (QED) is 0.776. The number of fused-ring (bicyclic) bond motifs is 2. The fourth-order valence-electron chi connectivity index (χ4n) is 3.81. The van der Waals surface area contributed by atoms with Crippen LogP contribution >= 0.6 is 0 Å². The van der Waals surface area contributed by atoms with Crippen LogP contribution in [0, 0.1) is 17.3 Å². The molecule has 3 atom stereocenters. The van der Waals surface area contributed by atoms with Crippen molar-refractivity contribution in [2.24, 2.45) is 22.4 Å². The molecule has 0 bridgehead atoms. The van der Waals surface area contributed by atoms with Gasteiger partial charge in [0, 0.05) is 13.2 Å². The largest absolute Gasteiger partial charge is 0.356 e. The van der Waals surface area contributed by atoms with Crippen molar-refractivity contribution in [2.75, 3.05) is 7.05 Å². The van der Waals surface area contributed by atoms with E-state index in [1.165, 1.54) is 4.90 Å². The van der Waals surface area contributed by atoms with Crippen molar-refractivity contribution in [1.82, 2.24) is 14.5 Å². The molecule has 0 spiro atoms. The predicted molar refractivity (Wildman–Crippen MR) is 80.8 cm³/mol. The maximum atomic E-state index is 12.4. The first-order valence-corrected chi connectivity index (χ1v) is 7.65. The van der Waals surface area contributed by atoms with Crippen molar-refractivity contribution in [3.8, 4) is 0 Å². The average Bonchev–Trinajstić information content (AvgIpc) is 2.75. The van der Waals surface area contributed by atoms with Gasteiger partial charge in [-0.1, -0.05) is 13.8 Å². The fraction of sp³-hybridized carbons (Fsp3) is 0.562. The van der Waals surface area contributed by atoms with E-state index in [9.17, 15) is 9.59 Å². The molecule has 3 unspecified atom stereocenters. The van der Waals surface area contributed by atoms with E-state index in [4.69, 9.17) is 0 Å². The van der Waals surface area contributed by atoms with Crippen LogP contribution in [0.3, 0.4) is 0 Å². The number of carbonyl (C=O) groups is 2.